The molecule has 3 aromatic rings. The van der Waals surface area contributed by atoms with Gasteiger partial charge in [-0.3, -0.25) is 5.10 Å². The second kappa shape index (κ2) is 4.31. The highest BCUT2D eigenvalue weighted by atomic mass is 16.5. The summed E-state index contributed by atoms with van der Waals surface area (Å²) in [6.07, 6.45) is 0. The number of nitrogens with two attached hydrogens (primary N) is 1. The smallest absolute Gasteiger partial charge is 0.121 e. The van der Waals surface area contributed by atoms with Gasteiger partial charge >= 0.3 is 0 Å². The third-order valence-corrected chi connectivity index (χ3v) is 3.30. The lowest BCUT2D eigenvalue weighted by atomic mass is 10.0. The second-order valence-corrected chi connectivity index (χ2v) is 4.53. The van der Waals surface area contributed by atoms with E-state index in [0.29, 0.717) is 5.69 Å². The lowest BCUT2D eigenvalue weighted by Gasteiger charge is -2.06. The summed E-state index contributed by atoms with van der Waals surface area (Å²) in [7, 11) is 1.67. The molecule has 0 atom stereocenters. The molecule has 3 rings (SSSR count). The highest BCUT2D eigenvalue weighted by Crippen LogP contribution is 2.31. The molecule has 3 N–H and O–H groups in total. The summed E-state index contributed by atoms with van der Waals surface area (Å²) in [5, 5.41) is 8.41. The number of methoxy groups -OCH3 is 1. The van der Waals surface area contributed by atoms with Gasteiger partial charge in [0.15, 0.2) is 0 Å². The first-order chi connectivity index (χ1) is 9.20. The van der Waals surface area contributed by atoms with Gasteiger partial charge in [-0.1, -0.05) is 12.1 Å². The number of fused-ring (bicyclic) bond motifs is 1. The summed E-state index contributed by atoms with van der Waals surface area (Å²) in [4.78, 5) is 0. The van der Waals surface area contributed by atoms with Crippen molar-refractivity contribution in [2.75, 3.05) is 12.8 Å². The molecule has 19 heavy (non-hydrogen) atoms. The van der Waals surface area contributed by atoms with Crippen molar-refractivity contribution in [2.24, 2.45) is 0 Å². The molecule has 0 aliphatic heterocycles. The van der Waals surface area contributed by atoms with Crippen molar-refractivity contribution in [1.82, 2.24) is 10.2 Å². The van der Waals surface area contributed by atoms with Gasteiger partial charge in [0.1, 0.15) is 5.75 Å². The summed E-state index contributed by atoms with van der Waals surface area (Å²) in [5.41, 5.74) is 10.6. The van der Waals surface area contributed by atoms with E-state index in [-0.39, 0.29) is 0 Å². The first-order valence-electron chi connectivity index (χ1n) is 6.08. The molecule has 2 aromatic carbocycles. The molecule has 0 spiro atoms. The van der Waals surface area contributed by atoms with Crippen LogP contribution < -0.4 is 10.5 Å². The number of aryl methyl sites for hydroxylation is 1. The SMILES string of the molecule is COc1ccc(-c2n[nH]c3c(N)cccc23)cc1C. The van der Waals surface area contributed by atoms with Crippen LogP contribution in [0.2, 0.25) is 0 Å². The molecule has 0 radical (unpaired) electrons. The first kappa shape index (κ1) is 11.6. The van der Waals surface area contributed by atoms with Crippen LogP contribution in [-0.2, 0) is 0 Å². The maximum atomic E-state index is 5.93. The zero-order valence-electron chi connectivity index (χ0n) is 10.9. The van der Waals surface area contributed by atoms with Crippen molar-refractivity contribution in [3.05, 3.63) is 42.0 Å². The Morgan fingerprint density at radius 2 is 2.05 bits per heavy atom. The van der Waals surface area contributed by atoms with Crippen LogP contribution in [0.4, 0.5) is 5.69 Å². The zero-order valence-corrected chi connectivity index (χ0v) is 10.9. The van der Waals surface area contributed by atoms with E-state index in [9.17, 15) is 0 Å². The molecule has 1 aromatic heterocycles. The van der Waals surface area contributed by atoms with E-state index >= 15 is 0 Å². The third-order valence-electron chi connectivity index (χ3n) is 3.30. The Labute approximate surface area is 111 Å². The molecule has 0 aliphatic rings. The number of hydrogen-bond donors (Lipinski definition) is 2. The average molecular weight is 253 g/mol. The minimum Gasteiger partial charge on any atom is -0.496 e. The van der Waals surface area contributed by atoms with E-state index in [0.717, 1.165) is 33.5 Å². The number of benzene rings is 2. The van der Waals surface area contributed by atoms with Gasteiger partial charge in [0.05, 0.1) is 24.0 Å². The highest BCUT2D eigenvalue weighted by molar-refractivity contribution is 5.98. The van der Waals surface area contributed by atoms with Gasteiger partial charge in [-0.15, -0.1) is 0 Å². The standard InChI is InChI=1S/C15H15N3O/c1-9-8-10(6-7-13(9)19-2)14-11-4-3-5-12(16)15(11)18-17-14/h3-8H,16H2,1-2H3,(H,17,18). The number of rotatable bonds is 2. The Hall–Kier alpha value is -2.49. The summed E-state index contributed by atoms with van der Waals surface area (Å²) in [6.45, 7) is 2.02. The second-order valence-electron chi connectivity index (χ2n) is 4.53. The lowest BCUT2D eigenvalue weighted by molar-refractivity contribution is 0.412. The fourth-order valence-corrected chi connectivity index (χ4v) is 2.31. The van der Waals surface area contributed by atoms with Gasteiger partial charge in [0.2, 0.25) is 0 Å². The average Bonchev–Trinajstić information content (AvgIpc) is 2.84. The molecular formula is C15H15N3O. The number of aromatic amines is 1. The van der Waals surface area contributed by atoms with Crippen molar-refractivity contribution in [3.8, 4) is 17.0 Å². The number of para-hydroxylation sites is 1. The van der Waals surface area contributed by atoms with Crippen LogP contribution >= 0.6 is 0 Å². The molecular weight excluding hydrogens is 238 g/mol. The van der Waals surface area contributed by atoms with E-state index in [1.165, 1.54) is 0 Å². The minimum absolute atomic E-state index is 0.710. The molecule has 0 saturated heterocycles. The van der Waals surface area contributed by atoms with E-state index in [2.05, 4.69) is 16.3 Å². The van der Waals surface area contributed by atoms with Crippen LogP contribution in [0.15, 0.2) is 36.4 Å². The zero-order chi connectivity index (χ0) is 13.4. The van der Waals surface area contributed by atoms with Crippen LogP contribution in [0.3, 0.4) is 0 Å². The molecule has 0 unspecified atom stereocenters. The Morgan fingerprint density at radius 1 is 1.21 bits per heavy atom. The molecule has 1 heterocycles. The molecule has 0 amide bonds. The number of nitrogen functional groups attached to an aromatic ring is 1. The molecule has 0 saturated carbocycles. The van der Waals surface area contributed by atoms with Crippen LogP contribution in [0, 0.1) is 6.92 Å². The molecule has 96 valence electrons. The first-order valence-corrected chi connectivity index (χ1v) is 6.08. The van der Waals surface area contributed by atoms with Crippen LogP contribution in [-0.4, -0.2) is 17.3 Å². The van der Waals surface area contributed by atoms with Crippen molar-refractivity contribution >= 4 is 16.6 Å². The van der Waals surface area contributed by atoms with Gasteiger partial charge in [-0.05, 0) is 36.8 Å². The Morgan fingerprint density at radius 3 is 2.79 bits per heavy atom. The quantitative estimate of drug-likeness (QED) is 0.690. The maximum absolute atomic E-state index is 5.93. The summed E-state index contributed by atoms with van der Waals surface area (Å²) in [5.74, 6) is 0.878. The maximum Gasteiger partial charge on any atom is 0.121 e. The minimum atomic E-state index is 0.710. The molecule has 4 heteroatoms. The van der Waals surface area contributed by atoms with E-state index in [4.69, 9.17) is 10.5 Å². The topological polar surface area (TPSA) is 63.9 Å². The Bertz CT molecular complexity index is 746. The number of nitrogens with one attached hydrogen (secondary N) is 1. The van der Waals surface area contributed by atoms with Crippen molar-refractivity contribution in [3.63, 3.8) is 0 Å². The van der Waals surface area contributed by atoms with Gasteiger partial charge in [-0.2, -0.15) is 5.10 Å². The van der Waals surface area contributed by atoms with Crippen LogP contribution in [0.5, 0.6) is 5.75 Å². The van der Waals surface area contributed by atoms with Crippen molar-refractivity contribution < 1.29 is 4.74 Å². The fourth-order valence-electron chi connectivity index (χ4n) is 2.31. The lowest BCUT2D eigenvalue weighted by Crippen LogP contribution is -1.88. The normalized spacial score (nSPS) is 10.8. The summed E-state index contributed by atoms with van der Waals surface area (Å²) >= 11 is 0. The van der Waals surface area contributed by atoms with Gasteiger partial charge in [-0.25, -0.2) is 0 Å². The van der Waals surface area contributed by atoms with Gasteiger partial charge in [0.25, 0.3) is 0 Å². The largest absolute Gasteiger partial charge is 0.496 e. The van der Waals surface area contributed by atoms with Gasteiger partial charge in [0, 0.05) is 10.9 Å². The highest BCUT2D eigenvalue weighted by Gasteiger charge is 2.10. The monoisotopic (exact) mass is 253 g/mol. The third kappa shape index (κ3) is 1.81. The molecule has 0 bridgehead atoms. The van der Waals surface area contributed by atoms with E-state index < -0.39 is 0 Å². The fraction of sp³-hybridized carbons (Fsp3) is 0.133. The van der Waals surface area contributed by atoms with Crippen LogP contribution in [0.25, 0.3) is 22.2 Å². The van der Waals surface area contributed by atoms with E-state index in [1.54, 1.807) is 7.11 Å². The van der Waals surface area contributed by atoms with Crippen LogP contribution in [0.1, 0.15) is 5.56 Å². The predicted octanol–water partition coefficient (Wildman–Crippen LogP) is 3.13. The number of aromatic nitrogens is 2. The Kier molecular flexibility index (Phi) is 2.63. The molecule has 0 aliphatic carbocycles. The summed E-state index contributed by atoms with van der Waals surface area (Å²) in [6, 6.07) is 11.8. The molecule has 4 nitrogen and oxygen atoms in total. The summed E-state index contributed by atoms with van der Waals surface area (Å²) < 4.78 is 5.28. The number of ether oxygens (including phenoxy) is 1. The number of anilines is 1. The van der Waals surface area contributed by atoms with Crippen molar-refractivity contribution in [2.45, 2.75) is 6.92 Å². The van der Waals surface area contributed by atoms with Gasteiger partial charge < -0.3 is 10.5 Å². The molecule has 0 fully saturated rings. The Balaban J connectivity index is 2.19. The van der Waals surface area contributed by atoms with E-state index in [1.807, 2.05) is 37.3 Å². The van der Waals surface area contributed by atoms with Crippen molar-refractivity contribution in [1.29, 1.82) is 0 Å². The number of hydrogen-bond acceptors (Lipinski definition) is 3. The predicted molar refractivity (Wildman–Crippen MR) is 77.2 cm³/mol. The number of H-pyrrole nitrogens is 1. The number of nitrogens with zero attached hydrogens (tertiary/aromatic N) is 1.